The molecule has 2 atom stereocenters. The summed E-state index contributed by atoms with van der Waals surface area (Å²) in [6, 6.07) is 5.78. The minimum atomic E-state index is -0.0402. The van der Waals surface area contributed by atoms with Crippen molar-refractivity contribution in [1.82, 2.24) is 5.32 Å². The van der Waals surface area contributed by atoms with Crippen molar-refractivity contribution in [3.05, 3.63) is 34.9 Å². The van der Waals surface area contributed by atoms with E-state index < -0.39 is 0 Å². The van der Waals surface area contributed by atoms with E-state index in [9.17, 15) is 4.79 Å². The number of rotatable bonds is 5. The molecule has 0 saturated carbocycles. The van der Waals surface area contributed by atoms with Gasteiger partial charge >= 0.3 is 0 Å². The first-order chi connectivity index (χ1) is 9.97. The number of hydrogen-bond donors (Lipinski definition) is 2. The molecule has 1 rings (SSSR count). The van der Waals surface area contributed by atoms with Gasteiger partial charge in [-0.1, -0.05) is 38.2 Å². The largest absolute Gasteiger partial charge is 0.350 e. The Bertz CT molecular complexity index is 540. The Hall–Kier alpha value is -1.79. The molecule has 0 aliphatic heterocycles. The van der Waals surface area contributed by atoms with Crippen molar-refractivity contribution in [2.45, 2.75) is 46.6 Å². The molecule has 0 bridgehead atoms. The molecule has 0 aliphatic rings. The van der Waals surface area contributed by atoms with Crippen LogP contribution < -0.4 is 11.1 Å². The summed E-state index contributed by atoms with van der Waals surface area (Å²) in [7, 11) is 0. The highest BCUT2D eigenvalue weighted by molar-refractivity contribution is 5.94. The Kier molecular flexibility index (Phi) is 6.98. The van der Waals surface area contributed by atoms with E-state index in [0.717, 1.165) is 24.0 Å². The van der Waals surface area contributed by atoms with E-state index in [1.54, 1.807) is 0 Å². The third-order valence-electron chi connectivity index (χ3n) is 3.66. The predicted molar refractivity (Wildman–Crippen MR) is 88.1 cm³/mol. The highest BCUT2D eigenvalue weighted by Crippen LogP contribution is 2.12. The summed E-state index contributed by atoms with van der Waals surface area (Å²) in [6.45, 7) is 8.72. The van der Waals surface area contributed by atoms with Gasteiger partial charge in [0, 0.05) is 17.2 Å². The predicted octanol–water partition coefficient (Wildman–Crippen LogP) is 2.86. The molecule has 3 N–H and O–H groups in total. The number of carbonyl (C=O) groups excluding carboxylic acids is 1. The maximum Gasteiger partial charge on any atom is 0.251 e. The lowest BCUT2D eigenvalue weighted by Gasteiger charge is -2.17. The van der Waals surface area contributed by atoms with Crippen LogP contribution in [0.2, 0.25) is 0 Å². The van der Waals surface area contributed by atoms with Gasteiger partial charge in [0.2, 0.25) is 0 Å². The van der Waals surface area contributed by atoms with Crippen molar-refractivity contribution in [2.24, 2.45) is 11.7 Å². The summed E-state index contributed by atoms with van der Waals surface area (Å²) in [4.78, 5) is 12.3. The van der Waals surface area contributed by atoms with E-state index in [1.807, 2.05) is 32.0 Å². The SMILES string of the molecule is CCC(C)CC(C)NC(=O)c1ccc(C)c(C#CCN)c1. The fourth-order valence-electron chi connectivity index (χ4n) is 2.18. The van der Waals surface area contributed by atoms with Crippen molar-refractivity contribution in [2.75, 3.05) is 6.54 Å². The van der Waals surface area contributed by atoms with Crippen molar-refractivity contribution >= 4 is 5.91 Å². The minimum absolute atomic E-state index is 0.0402. The fraction of sp³-hybridized carbons (Fsp3) is 0.500. The van der Waals surface area contributed by atoms with Crippen LogP contribution >= 0.6 is 0 Å². The molecule has 0 fully saturated rings. The first-order valence-electron chi connectivity index (χ1n) is 7.58. The number of aryl methyl sites for hydroxylation is 1. The van der Waals surface area contributed by atoms with Gasteiger partial charge in [-0.3, -0.25) is 4.79 Å². The van der Waals surface area contributed by atoms with E-state index in [0.29, 0.717) is 18.0 Å². The maximum absolute atomic E-state index is 12.3. The van der Waals surface area contributed by atoms with Crippen LogP contribution in [0.25, 0.3) is 0 Å². The second-order valence-electron chi connectivity index (χ2n) is 5.66. The van der Waals surface area contributed by atoms with Crippen LogP contribution in [0.5, 0.6) is 0 Å². The summed E-state index contributed by atoms with van der Waals surface area (Å²) in [5.41, 5.74) is 7.97. The van der Waals surface area contributed by atoms with Gasteiger partial charge in [0.15, 0.2) is 0 Å². The third kappa shape index (κ3) is 5.61. The topological polar surface area (TPSA) is 55.1 Å². The monoisotopic (exact) mass is 286 g/mol. The average Bonchev–Trinajstić information content (AvgIpc) is 2.45. The van der Waals surface area contributed by atoms with Crippen molar-refractivity contribution in [1.29, 1.82) is 0 Å². The Morgan fingerprint density at radius 2 is 2.10 bits per heavy atom. The standard InChI is InChI=1S/C18H26N2O/c1-5-13(2)11-15(4)20-18(21)17-9-8-14(3)16(12-17)7-6-10-19/h8-9,12-13,15H,5,10-11,19H2,1-4H3,(H,20,21). The van der Waals surface area contributed by atoms with E-state index in [4.69, 9.17) is 5.73 Å². The van der Waals surface area contributed by atoms with Gasteiger partial charge < -0.3 is 11.1 Å². The Morgan fingerprint density at radius 3 is 2.71 bits per heavy atom. The summed E-state index contributed by atoms with van der Waals surface area (Å²) in [5, 5.41) is 3.05. The molecule has 0 radical (unpaired) electrons. The Labute approximate surface area is 128 Å². The second kappa shape index (κ2) is 8.49. The molecule has 3 nitrogen and oxygen atoms in total. The molecule has 0 saturated heterocycles. The van der Waals surface area contributed by atoms with Crippen LogP contribution in [0.3, 0.4) is 0 Å². The summed E-state index contributed by atoms with van der Waals surface area (Å²) < 4.78 is 0. The number of amides is 1. The van der Waals surface area contributed by atoms with Gasteiger partial charge in [-0.25, -0.2) is 0 Å². The minimum Gasteiger partial charge on any atom is -0.350 e. The Morgan fingerprint density at radius 1 is 1.38 bits per heavy atom. The van der Waals surface area contributed by atoms with E-state index >= 15 is 0 Å². The van der Waals surface area contributed by atoms with Gasteiger partial charge in [0.05, 0.1) is 6.54 Å². The number of nitrogens with one attached hydrogen (secondary N) is 1. The van der Waals surface area contributed by atoms with Gasteiger partial charge in [-0.2, -0.15) is 0 Å². The molecule has 1 aromatic rings. The highest BCUT2D eigenvalue weighted by Gasteiger charge is 2.12. The molecule has 3 heteroatoms. The first-order valence-corrected chi connectivity index (χ1v) is 7.58. The second-order valence-corrected chi connectivity index (χ2v) is 5.66. The van der Waals surface area contributed by atoms with Gasteiger partial charge in [-0.05, 0) is 43.9 Å². The zero-order valence-electron chi connectivity index (χ0n) is 13.5. The van der Waals surface area contributed by atoms with Gasteiger partial charge in [0.1, 0.15) is 0 Å². The van der Waals surface area contributed by atoms with Crippen LogP contribution in [0.4, 0.5) is 0 Å². The zero-order valence-corrected chi connectivity index (χ0v) is 13.5. The van der Waals surface area contributed by atoms with Crippen LogP contribution in [-0.2, 0) is 0 Å². The van der Waals surface area contributed by atoms with E-state index in [1.165, 1.54) is 0 Å². The van der Waals surface area contributed by atoms with Gasteiger partial charge in [-0.15, -0.1) is 0 Å². The molecule has 21 heavy (non-hydrogen) atoms. The molecule has 0 aliphatic carbocycles. The zero-order chi connectivity index (χ0) is 15.8. The molecular weight excluding hydrogens is 260 g/mol. The Balaban J connectivity index is 2.78. The van der Waals surface area contributed by atoms with E-state index in [-0.39, 0.29) is 11.9 Å². The lowest BCUT2D eigenvalue weighted by molar-refractivity contribution is 0.0935. The van der Waals surface area contributed by atoms with Crippen LogP contribution in [-0.4, -0.2) is 18.5 Å². The van der Waals surface area contributed by atoms with Crippen LogP contribution in [0.1, 0.15) is 55.1 Å². The molecule has 0 spiro atoms. The normalized spacial score (nSPS) is 13.0. The lowest BCUT2D eigenvalue weighted by atomic mass is 10.00. The first kappa shape index (κ1) is 17.3. The summed E-state index contributed by atoms with van der Waals surface area (Å²) in [5.74, 6) is 6.41. The lowest BCUT2D eigenvalue weighted by Crippen LogP contribution is -2.33. The fourth-order valence-corrected chi connectivity index (χ4v) is 2.18. The molecular formula is C18H26N2O. The molecule has 1 amide bonds. The number of hydrogen-bond acceptors (Lipinski definition) is 2. The molecule has 114 valence electrons. The number of carbonyl (C=O) groups is 1. The van der Waals surface area contributed by atoms with Crippen LogP contribution in [0.15, 0.2) is 18.2 Å². The quantitative estimate of drug-likeness (QED) is 0.818. The third-order valence-corrected chi connectivity index (χ3v) is 3.66. The van der Waals surface area contributed by atoms with Gasteiger partial charge in [0.25, 0.3) is 5.91 Å². The van der Waals surface area contributed by atoms with Crippen molar-refractivity contribution in [3.8, 4) is 11.8 Å². The van der Waals surface area contributed by atoms with Crippen molar-refractivity contribution < 1.29 is 4.79 Å². The number of nitrogens with two attached hydrogens (primary N) is 1. The summed E-state index contributed by atoms with van der Waals surface area (Å²) >= 11 is 0. The molecule has 0 heterocycles. The molecule has 1 aromatic carbocycles. The molecule has 2 unspecified atom stereocenters. The van der Waals surface area contributed by atoms with Crippen molar-refractivity contribution in [3.63, 3.8) is 0 Å². The van der Waals surface area contributed by atoms with E-state index in [2.05, 4.69) is 31.0 Å². The summed E-state index contributed by atoms with van der Waals surface area (Å²) in [6.07, 6.45) is 2.12. The molecule has 0 aromatic heterocycles. The average molecular weight is 286 g/mol. The maximum atomic E-state index is 12.3. The highest BCUT2D eigenvalue weighted by atomic mass is 16.1. The van der Waals surface area contributed by atoms with Crippen LogP contribution in [0, 0.1) is 24.7 Å². The smallest absolute Gasteiger partial charge is 0.251 e. The number of benzene rings is 1.